The Morgan fingerprint density at radius 3 is 2.40 bits per heavy atom. The molecule has 0 aliphatic carbocycles. The smallest absolute Gasteiger partial charge is 0.135 e. The van der Waals surface area contributed by atoms with Gasteiger partial charge >= 0.3 is 0 Å². The number of Topliss-reactive ketones (excluding diaryl/α,β-unsaturated/α-hetero) is 1. The fourth-order valence-corrected chi connectivity index (χ4v) is 0.604. The minimum absolute atomic E-state index is 0.0191. The Kier molecular flexibility index (Phi) is 3.96. The lowest BCUT2D eigenvalue weighted by Crippen LogP contribution is -2.21. The summed E-state index contributed by atoms with van der Waals surface area (Å²) in [6, 6.07) is 0. The average molecular weight is 142 g/mol. The third-order valence-corrected chi connectivity index (χ3v) is 1.54. The van der Waals surface area contributed by atoms with E-state index in [0.29, 0.717) is 0 Å². The van der Waals surface area contributed by atoms with Crippen LogP contribution in [0.1, 0.15) is 20.8 Å². The Hall–Kier alpha value is -0.630. The Labute approximate surface area is 61.6 Å². The van der Waals surface area contributed by atoms with Gasteiger partial charge in [0.15, 0.2) is 0 Å². The Bertz CT molecular complexity index is 138. The number of carbonyl (C=O) groups excluding carboxylic acids is 1. The van der Waals surface area contributed by atoms with Crippen molar-refractivity contribution in [3.05, 3.63) is 12.2 Å². The van der Waals surface area contributed by atoms with Crippen LogP contribution in [0.5, 0.6) is 0 Å². The molecule has 0 aliphatic rings. The maximum Gasteiger partial charge on any atom is 0.135 e. The second-order valence-corrected chi connectivity index (χ2v) is 2.42. The van der Waals surface area contributed by atoms with E-state index in [1.54, 1.807) is 19.1 Å². The summed E-state index contributed by atoms with van der Waals surface area (Å²) in [5.74, 6) is -0.262. The van der Waals surface area contributed by atoms with Crippen molar-refractivity contribution >= 4 is 5.78 Å². The van der Waals surface area contributed by atoms with Gasteiger partial charge in [0.2, 0.25) is 0 Å². The maximum atomic E-state index is 10.7. The van der Waals surface area contributed by atoms with Crippen molar-refractivity contribution in [1.82, 2.24) is 0 Å². The maximum absolute atomic E-state index is 10.7. The van der Waals surface area contributed by atoms with Crippen molar-refractivity contribution in [2.45, 2.75) is 26.9 Å². The van der Waals surface area contributed by atoms with Gasteiger partial charge in [0.05, 0.1) is 6.10 Å². The highest BCUT2D eigenvalue weighted by atomic mass is 16.3. The zero-order valence-electron chi connectivity index (χ0n) is 6.66. The first kappa shape index (κ1) is 9.37. The highest BCUT2D eigenvalue weighted by molar-refractivity contribution is 5.78. The molecule has 0 fully saturated rings. The number of aliphatic hydroxyl groups is 1. The van der Waals surface area contributed by atoms with Crippen LogP contribution in [0.15, 0.2) is 12.2 Å². The van der Waals surface area contributed by atoms with Crippen LogP contribution in [0.2, 0.25) is 0 Å². The average Bonchev–Trinajstić information content (AvgIpc) is 1.87. The molecule has 0 radical (unpaired) electrons. The van der Waals surface area contributed by atoms with Crippen LogP contribution in [0, 0.1) is 5.92 Å². The predicted molar refractivity (Wildman–Crippen MR) is 40.7 cm³/mol. The van der Waals surface area contributed by atoms with Crippen LogP contribution in [-0.2, 0) is 4.79 Å². The molecule has 10 heavy (non-hydrogen) atoms. The van der Waals surface area contributed by atoms with Gasteiger partial charge in [-0.25, -0.2) is 0 Å². The molecule has 0 rings (SSSR count). The summed E-state index contributed by atoms with van der Waals surface area (Å²) >= 11 is 0. The molecule has 0 aromatic rings. The summed E-state index contributed by atoms with van der Waals surface area (Å²) in [4.78, 5) is 10.7. The first-order valence-corrected chi connectivity index (χ1v) is 3.41. The number of allylic oxidation sites excluding steroid dienone is 1. The van der Waals surface area contributed by atoms with Gasteiger partial charge in [-0.1, -0.05) is 19.1 Å². The van der Waals surface area contributed by atoms with E-state index in [2.05, 4.69) is 0 Å². The van der Waals surface area contributed by atoms with Crippen LogP contribution in [0.25, 0.3) is 0 Å². The highest BCUT2D eigenvalue weighted by Crippen LogP contribution is 2.04. The third-order valence-electron chi connectivity index (χ3n) is 1.54. The van der Waals surface area contributed by atoms with Crippen LogP contribution in [0.4, 0.5) is 0 Å². The third kappa shape index (κ3) is 2.78. The van der Waals surface area contributed by atoms with Crippen LogP contribution in [0.3, 0.4) is 0 Å². The summed E-state index contributed by atoms with van der Waals surface area (Å²) in [6.45, 7) is 5.01. The van der Waals surface area contributed by atoms with Gasteiger partial charge < -0.3 is 5.11 Å². The van der Waals surface area contributed by atoms with Gasteiger partial charge in [-0.2, -0.15) is 0 Å². The Balaban J connectivity index is 3.93. The van der Waals surface area contributed by atoms with Gasteiger partial charge in [-0.15, -0.1) is 0 Å². The van der Waals surface area contributed by atoms with Crippen molar-refractivity contribution in [2.75, 3.05) is 0 Å². The van der Waals surface area contributed by atoms with Crippen molar-refractivity contribution in [2.24, 2.45) is 5.92 Å². The molecule has 0 amide bonds. The van der Waals surface area contributed by atoms with Gasteiger partial charge in [-0.3, -0.25) is 4.79 Å². The predicted octanol–water partition coefficient (Wildman–Crippen LogP) is 1.15. The van der Waals surface area contributed by atoms with E-state index in [1.807, 2.05) is 6.92 Å². The molecule has 1 N–H and O–H groups in total. The van der Waals surface area contributed by atoms with E-state index in [-0.39, 0.29) is 11.7 Å². The fraction of sp³-hybridized carbons (Fsp3) is 0.625. The topological polar surface area (TPSA) is 37.3 Å². The molecule has 0 saturated heterocycles. The molecule has 0 aromatic heterocycles. The second kappa shape index (κ2) is 4.23. The van der Waals surface area contributed by atoms with Crippen LogP contribution >= 0.6 is 0 Å². The molecule has 0 aromatic carbocycles. The highest BCUT2D eigenvalue weighted by Gasteiger charge is 2.14. The molecule has 2 heteroatoms. The monoisotopic (exact) mass is 142 g/mol. The fourth-order valence-electron chi connectivity index (χ4n) is 0.604. The van der Waals surface area contributed by atoms with Crippen LogP contribution in [-0.4, -0.2) is 17.0 Å². The molecule has 0 aliphatic heterocycles. The van der Waals surface area contributed by atoms with E-state index in [4.69, 9.17) is 0 Å². The summed E-state index contributed by atoms with van der Waals surface area (Å²) in [6.07, 6.45) is 2.73. The lowest BCUT2D eigenvalue weighted by molar-refractivity contribution is -0.122. The van der Waals surface area contributed by atoms with E-state index < -0.39 is 6.10 Å². The molecule has 0 saturated carbocycles. The Morgan fingerprint density at radius 1 is 1.60 bits per heavy atom. The largest absolute Gasteiger partial charge is 0.388 e. The van der Waals surface area contributed by atoms with Crippen molar-refractivity contribution in [3.63, 3.8) is 0 Å². The lowest BCUT2D eigenvalue weighted by atomic mass is 10.0. The number of hydrogen-bond acceptors (Lipinski definition) is 2. The lowest BCUT2D eigenvalue weighted by Gasteiger charge is -2.10. The molecule has 2 atom stereocenters. The summed E-state index contributed by atoms with van der Waals surface area (Å²) in [7, 11) is 0. The van der Waals surface area contributed by atoms with E-state index in [9.17, 15) is 9.90 Å². The van der Waals surface area contributed by atoms with Crippen LogP contribution < -0.4 is 0 Å². The zero-order chi connectivity index (χ0) is 8.15. The van der Waals surface area contributed by atoms with Gasteiger partial charge in [0, 0.05) is 5.92 Å². The summed E-state index contributed by atoms with van der Waals surface area (Å²) < 4.78 is 0. The molecule has 2 unspecified atom stereocenters. The van der Waals surface area contributed by atoms with E-state index in [0.717, 1.165) is 0 Å². The molecule has 0 spiro atoms. The first-order chi connectivity index (χ1) is 4.59. The molecule has 0 heterocycles. The van der Waals surface area contributed by atoms with E-state index in [1.165, 1.54) is 6.92 Å². The normalized spacial score (nSPS) is 17.2. The second-order valence-electron chi connectivity index (χ2n) is 2.42. The summed E-state index contributed by atoms with van der Waals surface area (Å²) in [5.41, 5.74) is 0. The van der Waals surface area contributed by atoms with E-state index >= 15 is 0 Å². The number of ketones is 1. The summed E-state index contributed by atoms with van der Waals surface area (Å²) in [5, 5.41) is 9.18. The minimum Gasteiger partial charge on any atom is -0.388 e. The molecule has 58 valence electrons. The number of aliphatic hydroxyl groups excluding tert-OH is 1. The van der Waals surface area contributed by atoms with Gasteiger partial charge in [0.25, 0.3) is 0 Å². The quantitative estimate of drug-likeness (QED) is 0.600. The Morgan fingerprint density at radius 2 is 2.10 bits per heavy atom. The molecular formula is C8H14O2. The van der Waals surface area contributed by atoms with Gasteiger partial charge in [-0.05, 0) is 13.8 Å². The zero-order valence-corrected chi connectivity index (χ0v) is 6.66. The van der Waals surface area contributed by atoms with Gasteiger partial charge in [0.1, 0.15) is 5.78 Å². The van der Waals surface area contributed by atoms with Crippen molar-refractivity contribution < 1.29 is 9.90 Å². The number of carbonyl (C=O) groups is 1. The minimum atomic E-state index is -0.623. The number of hydrogen-bond donors (Lipinski definition) is 1. The van der Waals surface area contributed by atoms with Crippen molar-refractivity contribution in [3.8, 4) is 0 Å². The standard InChI is InChI=1S/C8H14O2/c1-4-5-8(10)6(2)7(3)9/h4-6,8,10H,1-3H3. The molecule has 0 bridgehead atoms. The van der Waals surface area contributed by atoms with Crippen molar-refractivity contribution in [1.29, 1.82) is 0 Å². The molecule has 2 nitrogen and oxygen atoms in total. The SMILES string of the molecule is CC=CC(O)C(C)C(C)=O. The number of rotatable bonds is 3. The first-order valence-electron chi connectivity index (χ1n) is 3.41. The molecular weight excluding hydrogens is 128 g/mol.